The lowest BCUT2D eigenvalue weighted by Crippen LogP contribution is -2.49. The van der Waals surface area contributed by atoms with Crippen molar-refractivity contribution in [2.45, 2.75) is 19.9 Å². The highest BCUT2D eigenvalue weighted by Gasteiger charge is 2.44. The van der Waals surface area contributed by atoms with Crippen LogP contribution in [0.1, 0.15) is 34.6 Å². The van der Waals surface area contributed by atoms with Gasteiger partial charge in [0, 0.05) is 5.69 Å². The normalized spacial score (nSPS) is 13.4. The van der Waals surface area contributed by atoms with Gasteiger partial charge in [0.25, 0.3) is 17.7 Å². The molecule has 35 heavy (non-hydrogen) atoms. The molecule has 8 nitrogen and oxygen atoms in total. The number of carbonyl (C=O) groups is 4. The van der Waals surface area contributed by atoms with Crippen LogP contribution in [0.4, 0.5) is 5.69 Å². The molecular formula is C27H24N2O6. The van der Waals surface area contributed by atoms with E-state index in [0.29, 0.717) is 17.2 Å². The quantitative estimate of drug-likeness (QED) is 0.388. The molecule has 1 N–H and O–H groups in total. The summed E-state index contributed by atoms with van der Waals surface area (Å²) in [6.45, 7) is 2.84. The Morgan fingerprint density at radius 2 is 1.34 bits per heavy atom. The fourth-order valence-corrected chi connectivity index (χ4v) is 3.79. The van der Waals surface area contributed by atoms with Gasteiger partial charge in [-0.05, 0) is 54.4 Å². The summed E-state index contributed by atoms with van der Waals surface area (Å²) in [6, 6.07) is 21.2. The third kappa shape index (κ3) is 5.22. The molecule has 3 aromatic rings. The van der Waals surface area contributed by atoms with Crippen molar-refractivity contribution in [3.8, 4) is 11.5 Å². The molecule has 0 spiro atoms. The van der Waals surface area contributed by atoms with Crippen LogP contribution in [0, 0.1) is 5.92 Å². The monoisotopic (exact) mass is 472 g/mol. The van der Waals surface area contributed by atoms with Gasteiger partial charge in [-0.1, -0.05) is 44.2 Å². The first kappa shape index (κ1) is 23.7. The van der Waals surface area contributed by atoms with Crippen molar-refractivity contribution in [2.75, 3.05) is 11.9 Å². The largest absolute Gasteiger partial charge is 0.457 e. The van der Waals surface area contributed by atoms with Gasteiger partial charge in [0.2, 0.25) is 0 Å². The van der Waals surface area contributed by atoms with Gasteiger partial charge < -0.3 is 14.8 Å². The van der Waals surface area contributed by atoms with E-state index in [0.717, 1.165) is 4.90 Å². The molecule has 3 amide bonds. The first-order valence-corrected chi connectivity index (χ1v) is 11.1. The van der Waals surface area contributed by atoms with Crippen molar-refractivity contribution >= 4 is 29.4 Å². The van der Waals surface area contributed by atoms with Crippen molar-refractivity contribution in [1.82, 2.24) is 4.90 Å². The molecule has 0 saturated carbocycles. The van der Waals surface area contributed by atoms with Crippen molar-refractivity contribution in [3.05, 3.63) is 90.0 Å². The maximum Gasteiger partial charge on any atom is 0.330 e. The van der Waals surface area contributed by atoms with E-state index in [4.69, 9.17) is 9.47 Å². The molecule has 0 saturated heterocycles. The zero-order valence-corrected chi connectivity index (χ0v) is 19.3. The highest BCUT2D eigenvalue weighted by Crippen LogP contribution is 2.28. The van der Waals surface area contributed by atoms with Crippen LogP contribution in [0.25, 0.3) is 0 Å². The summed E-state index contributed by atoms with van der Waals surface area (Å²) < 4.78 is 10.9. The van der Waals surface area contributed by atoms with Crippen molar-refractivity contribution < 1.29 is 28.7 Å². The number of hydrogen-bond donors (Lipinski definition) is 1. The molecular weight excluding hydrogens is 448 g/mol. The smallest absolute Gasteiger partial charge is 0.330 e. The lowest BCUT2D eigenvalue weighted by molar-refractivity contribution is -0.152. The van der Waals surface area contributed by atoms with E-state index in [1.807, 2.05) is 30.3 Å². The second-order valence-corrected chi connectivity index (χ2v) is 8.31. The van der Waals surface area contributed by atoms with Crippen LogP contribution in [0.15, 0.2) is 78.9 Å². The summed E-state index contributed by atoms with van der Waals surface area (Å²) in [5, 5.41) is 2.64. The first-order chi connectivity index (χ1) is 16.8. The zero-order valence-electron chi connectivity index (χ0n) is 19.3. The van der Waals surface area contributed by atoms with Gasteiger partial charge in [-0.3, -0.25) is 19.3 Å². The Bertz CT molecular complexity index is 1220. The van der Waals surface area contributed by atoms with Gasteiger partial charge in [-0.2, -0.15) is 0 Å². The summed E-state index contributed by atoms with van der Waals surface area (Å²) in [6.07, 6.45) is 0. The van der Waals surface area contributed by atoms with E-state index in [9.17, 15) is 19.2 Å². The maximum absolute atomic E-state index is 12.8. The fourth-order valence-electron chi connectivity index (χ4n) is 3.79. The lowest BCUT2D eigenvalue weighted by Gasteiger charge is -2.27. The molecule has 8 heteroatoms. The Labute approximate surface area is 202 Å². The van der Waals surface area contributed by atoms with Gasteiger partial charge in [-0.15, -0.1) is 0 Å². The Balaban J connectivity index is 1.34. The zero-order chi connectivity index (χ0) is 24.9. The highest BCUT2D eigenvalue weighted by atomic mass is 16.5. The van der Waals surface area contributed by atoms with Crippen LogP contribution in [-0.2, 0) is 14.3 Å². The fraction of sp³-hybridized carbons (Fsp3) is 0.185. The van der Waals surface area contributed by atoms with Gasteiger partial charge in [0.05, 0.1) is 11.1 Å². The minimum Gasteiger partial charge on any atom is -0.457 e. The molecule has 1 atom stereocenters. The molecule has 1 aliphatic heterocycles. The van der Waals surface area contributed by atoms with Crippen molar-refractivity contribution in [1.29, 1.82) is 0 Å². The third-order valence-electron chi connectivity index (χ3n) is 5.44. The van der Waals surface area contributed by atoms with E-state index in [-0.39, 0.29) is 11.1 Å². The van der Waals surface area contributed by atoms with Crippen LogP contribution >= 0.6 is 0 Å². The number of ether oxygens (including phenoxy) is 2. The number of benzene rings is 3. The molecule has 0 radical (unpaired) electrons. The predicted molar refractivity (Wildman–Crippen MR) is 128 cm³/mol. The number of nitrogens with zero attached hydrogens (tertiary/aromatic N) is 1. The Hall–Kier alpha value is -4.46. The molecule has 1 heterocycles. The molecule has 4 rings (SSSR count). The van der Waals surface area contributed by atoms with Crippen molar-refractivity contribution in [3.63, 3.8) is 0 Å². The lowest BCUT2D eigenvalue weighted by atomic mass is 10.0. The summed E-state index contributed by atoms with van der Waals surface area (Å²) in [5.74, 6) is -1.61. The number of anilines is 1. The second-order valence-electron chi connectivity index (χ2n) is 8.31. The number of hydrogen-bond acceptors (Lipinski definition) is 6. The minimum absolute atomic E-state index is 0.244. The Kier molecular flexibility index (Phi) is 6.91. The predicted octanol–water partition coefficient (Wildman–Crippen LogP) is 4.28. The summed E-state index contributed by atoms with van der Waals surface area (Å²) in [7, 11) is 0. The standard InChI is InChI=1S/C27H24N2O6/c1-17(2)24(29-25(31)21-10-6-7-11-22(21)26(29)32)27(33)34-16-23(30)28-18-12-14-20(15-13-18)35-19-8-4-3-5-9-19/h3-15,17,24H,16H2,1-2H3,(H,28,30). The van der Waals surface area contributed by atoms with Gasteiger partial charge in [0.1, 0.15) is 17.5 Å². The topological polar surface area (TPSA) is 102 Å². The third-order valence-corrected chi connectivity index (χ3v) is 5.44. The number of fused-ring (bicyclic) bond motifs is 1. The number of esters is 1. The Morgan fingerprint density at radius 1 is 0.800 bits per heavy atom. The molecule has 0 aliphatic carbocycles. The van der Waals surface area contributed by atoms with Crippen LogP contribution in [0.2, 0.25) is 0 Å². The van der Waals surface area contributed by atoms with Crippen LogP contribution < -0.4 is 10.1 Å². The van der Waals surface area contributed by atoms with E-state index in [1.54, 1.807) is 62.4 Å². The van der Waals surface area contributed by atoms with E-state index in [2.05, 4.69) is 5.32 Å². The summed E-state index contributed by atoms with van der Waals surface area (Å²) in [4.78, 5) is 51.7. The molecule has 178 valence electrons. The van der Waals surface area contributed by atoms with Crippen LogP contribution in [0.3, 0.4) is 0 Å². The van der Waals surface area contributed by atoms with Gasteiger partial charge in [0.15, 0.2) is 6.61 Å². The summed E-state index contributed by atoms with van der Waals surface area (Å²) >= 11 is 0. The SMILES string of the molecule is CC(C)C(C(=O)OCC(=O)Nc1ccc(Oc2ccccc2)cc1)N1C(=O)c2ccccc2C1=O. The summed E-state index contributed by atoms with van der Waals surface area (Å²) in [5.41, 5.74) is 0.981. The molecule has 3 aromatic carbocycles. The number of nitrogens with one attached hydrogen (secondary N) is 1. The molecule has 0 fully saturated rings. The minimum atomic E-state index is -1.15. The van der Waals surface area contributed by atoms with Crippen molar-refractivity contribution in [2.24, 2.45) is 5.92 Å². The average Bonchev–Trinajstić information content (AvgIpc) is 3.10. The first-order valence-electron chi connectivity index (χ1n) is 11.1. The number of carbonyl (C=O) groups excluding carboxylic acids is 4. The number of para-hydroxylation sites is 1. The number of amides is 3. The van der Waals surface area contributed by atoms with Gasteiger partial charge >= 0.3 is 5.97 Å². The number of imide groups is 1. The van der Waals surface area contributed by atoms with Crippen LogP contribution in [-0.4, -0.2) is 41.2 Å². The number of rotatable bonds is 8. The maximum atomic E-state index is 12.8. The molecule has 1 aliphatic rings. The van der Waals surface area contributed by atoms with E-state index >= 15 is 0 Å². The van der Waals surface area contributed by atoms with E-state index < -0.39 is 42.3 Å². The Morgan fingerprint density at radius 3 is 1.91 bits per heavy atom. The molecule has 0 aromatic heterocycles. The molecule has 1 unspecified atom stereocenters. The second kappa shape index (κ2) is 10.2. The molecule has 0 bridgehead atoms. The van der Waals surface area contributed by atoms with Gasteiger partial charge in [-0.25, -0.2) is 4.79 Å². The average molecular weight is 472 g/mol. The van der Waals surface area contributed by atoms with Crippen LogP contribution in [0.5, 0.6) is 11.5 Å². The van der Waals surface area contributed by atoms with E-state index in [1.165, 1.54) is 0 Å². The highest BCUT2D eigenvalue weighted by molar-refractivity contribution is 6.22.